The number of rotatable bonds is 10. The Morgan fingerprint density at radius 3 is 2.41 bits per heavy atom. The number of carboxylic acids is 1. The molecule has 0 bridgehead atoms. The van der Waals surface area contributed by atoms with Crippen LogP contribution in [0.15, 0.2) is 83.1 Å². The Labute approximate surface area is 217 Å². The Kier molecular flexibility index (Phi) is 8.16. The van der Waals surface area contributed by atoms with E-state index < -0.39 is 5.97 Å². The average molecular weight is 517 g/mol. The van der Waals surface area contributed by atoms with Crippen molar-refractivity contribution < 1.29 is 24.2 Å². The first-order valence-electron chi connectivity index (χ1n) is 11.0. The standard InChI is InChI=1S/C26H23N5O5S/c1-35-21-13-12-19(14-22(21)36-2)24-29-30-26(31(24)20-6-4-3-5-7-20)37-16-23(32)28-27-15-17-8-10-18(11-9-17)25(33)34/h3-15H,16H2,1-2H3,(H,28,32)(H,33,34)/p-1/b27-15-. The maximum Gasteiger partial charge on any atom is 0.250 e. The number of para-hydroxylation sites is 1. The maximum absolute atomic E-state index is 12.4. The van der Waals surface area contributed by atoms with E-state index in [9.17, 15) is 14.7 Å². The smallest absolute Gasteiger partial charge is 0.250 e. The van der Waals surface area contributed by atoms with Crippen molar-refractivity contribution in [3.63, 3.8) is 0 Å². The molecule has 0 aliphatic heterocycles. The van der Waals surface area contributed by atoms with Gasteiger partial charge in [0, 0.05) is 11.3 Å². The summed E-state index contributed by atoms with van der Waals surface area (Å²) in [5.41, 5.74) is 4.74. The van der Waals surface area contributed by atoms with E-state index in [2.05, 4.69) is 20.7 Å². The molecule has 0 aliphatic carbocycles. The molecule has 0 fully saturated rings. The number of nitrogens with zero attached hydrogens (tertiary/aromatic N) is 4. The molecule has 4 aromatic rings. The quantitative estimate of drug-likeness (QED) is 0.193. The van der Waals surface area contributed by atoms with E-state index in [4.69, 9.17) is 9.47 Å². The van der Waals surface area contributed by atoms with Gasteiger partial charge in [-0.3, -0.25) is 9.36 Å². The first-order valence-corrected chi connectivity index (χ1v) is 12.0. The van der Waals surface area contributed by atoms with Gasteiger partial charge in [0.25, 0.3) is 5.91 Å². The van der Waals surface area contributed by atoms with Gasteiger partial charge in [-0.05, 0) is 41.5 Å². The zero-order chi connectivity index (χ0) is 26.2. The van der Waals surface area contributed by atoms with Crippen LogP contribution < -0.4 is 20.0 Å². The summed E-state index contributed by atoms with van der Waals surface area (Å²) >= 11 is 1.21. The highest BCUT2D eigenvalue weighted by Gasteiger charge is 2.18. The summed E-state index contributed by atoms with van der Waals surface area (Å²) in [6, 6.07) is 21.0. The Balaban J connectivity index is 1.50. The van der Waals surface area contributed by atoms with Gasteiger partial charge in [-0.1, -0.05) is 54.2 Å². The number of hydrogen-bond donors (Lipinski definition) is 1. The Bertz CT molecular complexity index is 1420. The summed E-state index contributed by atoms with van der Waals surface area (Å²) in [6.45, 7) is 0. The average Bonchev–Trinajstić information content (AvgIpc) is 3.36. The number of aromatic carboxylic acids is 1. The van der Waals surface area contributed by atoms with Crippen molar-refractivity contribution in [1.29, 1.82) is 0 Å². The minimum Gasteiger partial charge on any atom is -0.545 e. The number of amides is 1. The zero-order valence-corrected chi connectivity index (χ0v) is 20.8. The van der Waals surface area contributed by atoms with Gasteiger partial charge in [-0.2, -0.15) is 5.10 Å². The third-order valence-corrected chi connectivity index (χ3v) is 6.10. The van der Waals surface area contributed by atoms with Crippen molar-refractivity contribution in [2.24, 2.45) is 5.10 Å². The van der Waals surface area contributed by atoms with E-state index in [-0.39, 0.29) is 17.2 Å². The third kappa shape index (κ3) is 6.14. The van der Waals surface area contributed by atoms with Crippen LogP contribution in [0.3, 0.4) is 0 Å². The van der Waals surface area contributed by atoms with Gasteiger partial charge in [-0.15, -0.1) is 10.2 Å². The largest absolute Gasteiger partial charge is 0.545 e. The number of nitrogens with one attached hydrogen (secondary N) is 1. The minimum absolute atomic E-state index is 0.0395. The van der Waals surface area contributed by atoms with Gasteiger partial charge >= 0.3 is 0 Å². The number of hydrazone groups is 1. The van der Waals surface area contributed by atoms with Gasteiger partial charge in [0.1, 0.15) is 0 Å². The van der Waals surface area contributed by atoms with Crippen molar-refractivity contribution >= 4 is 29.9 Å². The van der Waals surface area contributed by atoms with E-state index in [1.54, 1.807) is 32.4 Å². The number of hydrogen-bond acceptors (Lipinski definition) is 9. The zero-order valence-electron chi connectivity index (χ0n) is 20.0. The first-order chi connectivity index (χ1) is 18.0. The van der Waals surface area contributed by atoms with Crippen molar-refractivity contribution in [3.8, 4) is 28.6 Å². The summed E-state index contributed by atoms with van der Waals surface area (Å²) in [7, 11) is 3.13. The number of benzene rings is 3. The molecule has 0 unspecified atom stereocenters. The topological polar surface area (TPSA) is 131 Å². The Morgan fingerprint density at radius 1 is 1.00 bits per heavy atom. The van der Waals surface area contributed by atoms with Gasteiger partial charge in [0.05, 0.1) is 32.2 Å². The van der Waals surface area contributed by atoms with Crippen LogP contribution in [0, 0.1) is 0 Å². The number of methoxy groups -OCH3 is 2. The van der Waals surface area contributed by atoms with Gasteiger partial charge in [0.15, 0.2) is 22.5 Å². The lowest BCUT2D eigenvalue weighted by atomic mass is 10.1. The molecule has 1 N–H and O–H groups in total. The monoisotopic (exact) mass is 516 g/mol. The number of carboxylic acid groups (broad SMARTS) is 1. The molecule has 10 nitrogen and oxygen atoms in total. The number of thioether (sulfide) groups is 1. The summed E-state index contributed by atoms with van der Waals surface area (Å²) in [4.78, 5) is 23.2. The van der Waals surface area contributed by atoms with Gasteiger partial charge in [0.2, 0.25) is 0 Å². The Hall–Kier alpha value is -4.64. The number of ether oxygens (including phenoxy) is 2. The molecule has 3 aromatic carbocycles. The summed E-state index contributed by atoms with van der Waals surface area (Å²) in [6.07, 6.45) is 1.42. The number of aromatic nitrogens is 3. The number of carbonyl (C=O) groups excluding carboxylic acids is 2. The van der Waals surface area contributed by atoms with Crippen molar-refractivity contribution in [3.05, 3.63) is 83.9 Å². The second kappa shape index (κ2) is 11.9. The van der Waals surface area contributed by atoms with Crippen molar-refractivity contribution in [2.75, 3.05) is 20.0 Å². The van der Waals surface area contributed by atoms with Crippen LogP contribution in [0.4, 0.5) is 0 Å². The van der Waals surface area contributed by atoms with Gasteiger partial charge in [-0.25, -0.2) is 5.43 Å². The molecule has 0 spiro atoms. The lowest BCUT2D eigenvalue weighted by molar-refractivity contribution is -0.255. The predicted molar refractivity (Wildman–Crippen MR) is 137 cm³/mol. The second-order valence-electron chi connectivity index (χ2n) is 7.54. The van der Waals surface area contributed by atoms with Crippen LogP contribution in [0.2, 0.25) is 0 Å². The van der Waals surface area contributed by atoms with Crippen LogP contribution in [0.25, 0.3) is 17.1 Å². The summed E-state index contributed by atoms with van der Waals surface area (Å²) in [5.74, 6) is 0.169. The van der Waals surface area contributed by atoms with Crippen LogP contribution in [-0.4, -0.2) is 52.8 Å². The molecule has 0 saturated heterocycles. The highest BCUT2D eigenvalue weighted by molar-refractivity contribution is 7.99. The molecule has 0 radical (unpaired) electrons. The predicted octanol–water partition coefficient (Wildman–Crippen LogP) is 2.56. The van der Waals surface area contributed by atoms with Crippen LogP contribution in [0.5, 0.6) is 11.5 Å². The fourth-order valence-corrected chi connectivity index (χ4v) is 4.13. The SMILES string of the molecule is COc1ccc(-c2nnc(SCC(=O)N/N=C\c3ccc(C(=O)[O-])cc3)n2-c2ccccc2)cc1OC. The van der Waals surface area contributed by atoms with E-state index in [1.807, 2.05) is 47.0 Å². The summed E-state index contributed by atoms with van der Waals surface area (Å²) in [5, 5.41) is 24.0. The molecule has 0 atom stereocenters. The molecule has 0 saturated carbocycles. The lowest BCUT2D eigenvalue weighted by Gasteiger charge is -2.12. The molecule has 4 rings (SSSR count). The third-order valence-electron chi connectivity index (χ3n) is 5.17. The van der Waals surface area contributed by atoms with Gasteiger partial charge < -0.3 is 19.4 Å². The van der Waals surface area contributed by atoms with Crippen LogP contribution in [-0.2, 0) is 4.79 Å². The second-order valence-corrected chi connectivity index (χ2v) is 8.48. The molecule has 188 valence electrons. The van der Waals surface area contributed by atoms with E-state index >= 15 is 0 Å². The molecule has 1 aromatic heterocycles. The van der Waals surface area contributed by atoms with E-state index in [1.165, 1.54) is 30.1 Å². The fraction of sp³-hybridized carbons (Fsp3) is 0.115. The molecule has 1 amide bonds. The van der Waals surface area contributed by atoms with Crippen LogP contribution >= 0.6 is 11.8 Å². The molecule has 37 heavy (non-hydrogen) atoms. The van der Waals surface area contributed by atoms with E-state index in [0.29, 0.717) is 28.0 Å². The molecular weight excluding hydrogens is 494 g/mol. The minimum atomic E-state index is -1.26. The molecular formula is C26H22N5O5S-. The van der Waals surface area contributed by atoms with Crippen LogP contribution in [0.1, 0.15) is 15.9 Å². The maximum atomic E-state index is 12.4. The van der Waals surface area contributed by atoms with Crippen molar-refractivity contribution in [2.45, 2.75) is 5.16 Å². The van der Waals surface area contributed by atoms with Crippen molar-refractivity contribution in [1.82, 2.24) is 20.2 Å². The normalized spacial score (nSPS) is 10.9. The molecule has 0 aliphatic rings. The van der Waals surface area contributed by atoms with E-state index in [0.717, 1.165) is 11.3 Å². The first kappa shape index (κ1) is 25.5. The fourth-order valence-electron chi connectivity index (χ4n) is 3.38. The highest BCUT2D eigenvalue weighted by atomic mass is 32.2. The lowest BCUT2D eigenvalue weighted by Crippen LogP contribution is -2.22. The molecule has 1 heterocycles. The summed E-state index contributed by atoms with van der Waals surface area (Å²) < 4.78 is 12.6. The molecule has 11 heteroatoms. The highest BCUT2D eigenvalue weighted by Crippen LogP contribution is 2.34. The Morgan fingerprint density at radius 2 is 1.73 bits per heavy atom. The number of carbonyl (C=O) groups is 2.